The number of aromatic nitrogens is 4. The molecule has 3 aromatic rings. The molecule has 0 aliphatic carbocycles. The highest BCUT2D eigenvalue weighted by Crippen LogP contribution is 2.38. The standard InChI is InChI=1S/C26H34ClN7O3/c1-26(2,3)37-25(36)34-17-6-5-7-18(34)13-19(12-17)33(4)24-28-21-10-15(27)8-9-20(21)23(30-24)29-22-11-16(14-35)31-32-22/h8-11,17-19,35H,5-7,12-14H2,1-4H3,(H2,28,29,30,31,32)/t17-,18+,19-. The number of amides is 1. The van der Waals surface area contributed by atoms with Crippen LogP contribution >= 0.6 is 11.6 Å². The summed E-state index contributed by atoms with van der Waals surface area (Å²) in [5.41, 5.74) is 0.801. The first kappa shape index (κ1) is 25.5. The Morgan fingerprint density at radius 2 is 1.97 bits per heavy atom. The summed E-state index contributed by atoms with van der Waals surface area (Å²) in [4.78, 5) is 26.8. The van der Waals surface area contributed by atoms with E-state index in [4.69, 9.17) is 26.3 Å². The van der Waals surface area contributed by atoms with Crippen molar-refractivity contribution in [3.63, 3.8) is 0 Å². The molecule has 2 bridgehead atoms. The van der Waals surface area contributed by atoms with E-state index in [1.807, 2.05) is 44.9 Å². The molecular formula is C26H34ClN7O3. The maximum atomic E-state index is 13.0. The first-order chi connectivity index (χ1) is 17.6. The van der Waals surface area contributed by atoms with Crippen LogP contribution in [0, 0.1) is 0 Å². The van der Waals surface area contributed by atoms with Crippen LogP contribution in [0.5, 0.6) is 0 Å². The van der Waals surface area contributed by atoms with Crippen LogP contribution in [-0.2, 0) is 11.3 Å². The van der Waals surface area contributed by atoms with Crippen molar-refractivity contribution >= 4 is 46.2 Å². The Bertz CT molecular complexity index is 1280. The molecule has 10 nitrogen and oxygen atoms in total. The number of carbonyl (C=O) groups excluding carboxylic acids is 1. The first-order valence-corrected chi connectivity index (χ1v) is 13.1. The van der Waals surface area contributed by atoms with Crippen LogP contribution in [-0.4, -0.2) is 67.0 Å². The number of aromatic amines is 1. The highest BCUT2D eigenvalue weighted by Gasteiger charge is 2.44. The second kappa shape index (κ2) is 9.98. The van der Waals surface area contributed by atoms with Gasteiger partial charge < -0.3 is 25.0 Å². The maximum Gasteiger partial charge on any atom is 0.410 e. The number of aliphatic hydroxyl groups excluding tert-OH is 1. The third-order valence-corrected chi connectivity index (χ3v) is 7.35. The monoisotopic (exact) mass is 527 g/mol. The van der Waals surface area contributed by atoms with Gasteiger partial charge in [0, 0.05) is 41.6 Å². The van der Waals surface area contributed by atoms with Gasteiger partial charge in [0.15, 0.2) is 5.82 Å². The Kier molecular flexibility index (Phi) is 6.89. The predicted octanol–water partition coefficient (Wildman–Crippen LogP) is 5.00. The third-order valence-electron chi connectivity index (χ3n) is 7.11. The summed E-state index contributed by atoms with van der Waals surface area (Å²) in [5.74, 6) is 1.72. The molecule has 1 amide bonds. The minimum absolute atomic E-state index is 0.128. The lowest BCUT2D eigenvalue weighted by atomic mass is 9.81. The average Bonchev–Trinajstić information content (AvgIpc) is 3.28. The summed E-state index contributed by atoms with van der Waals surface area (Å²) in [5, 5.41) is 21.0. The van der Waals surface area contributed by atoms with Gasteiger partial charge in [0.25, 0.3) is 0 Å². The predicted molar refractivity (Wildman–Crippen MR) is 143 cm³/mol. The fraction of sp³-hybridized carbons (Fsp3) is 0.538. The molecular weight excluding hydrogens is 494 g/mol. The molecule has 0 radical (unpaired) electrons. The van der Waals surface area contributed by atoms with Gasteiger partial charge in [0.1, 0.15) is 11.4 Å². The number of anilines is 3. The molecule has 2 aromatic heterocycles. The second-order valence-corrected chi connectivity index (χ2v) is 11.4. The third kappa shape index (κ3) is 5.45. The van der Waals surface area contributed by atoms with Gasteiger partial charge in [0.05, 0.1) is 17.8 Å². The van der Waals surface area contributed by atoms with Crippen LogP contribution in [0.3, 0.4) is 0 Å². The highest BCUT2D eigenvalue weighted by atomic mass is 35.5. The lowest BCUT2D eigenvalue weighted by molar-refractivity contribution is -0.0214. The molecule has 2 fully saturated rings. The SMILES string of the molecule is CN(c1nc(Nc2cc(CO)[nH]n2)c2ccc(Cl)cc2n1)[C@@H]1C[C@H]2CCC[C@@H](C1)N2C(=O)OC(C)(C)C. The largest absolute Gasteiger partial charge is 0.444 e. The van der Waals surface area contributed by atoms with Crippen molar-refractivity contribution in [3.05, 3.63) is 35.0 Å². The van der Waals surface area contributed by atoms with Crippen molar-refractivity contribution in [1.82, 2.24) is 25.1 Å². The van der Waals surface area contributed by atoms with Gasteiger partial charge in [-0.25, -0.2) is 9.78 Å². The van der Waals surface area contributed by atoms with Crippen LogP contribution in [0.2, 0.25) is 5.02 Å². The molecule has 11 heteroatoms. The molecule has 5 rings (SSSR count). The van der Waals surface area contributed by atoms with E-state index in [0.29, 0.717) is 28.3 Å². The molecule has 3 N–H and O–H groups in total. The van der Waals surface area contributed by atoms with Crippen molar-refractivity contribution in [1.29, 1.82) is 0 Å². The number of piperidine rings is 2. The zero-order valence-electron chi connectivity index (χ0n) is 21.7. The number of fused-ring (bicyclic) bond motifs is 3. The summed E-state index contributed by atoms with van der Waals surface area (Å²) in [6.07, 6.45) is 4.48. The summed E-state index contributed by atoms with van der Waals surface area (Å²) >= 11 is 6.30. The second-order valence-electron chi connectivity index (χ2n) is 11.0. The first-order valence-electron chi connectivity index (χ1n) is 12.7. The average molecular weight is 528 g/mol. The van der Waals surface area contributed by atoms with Crippen LogP contribution < -0.4 is 10.2 Å². The zero-order chi connectivity index (χ0) is 26.3. The van der Waals surface area contributed by atoms with Gasteiger partial charge in [-0.3, -0.25) is 5.10 Å². The number of nitrogens with zero attached hydrogens (tertiary/aromatic N) is 5. The number of hydrogen-bond acceptors (Lipinski definition) is 8. The van der Waals surface area contributed by atoms with E-state index >= 15 is 0 Å². The quantitative estimate of drug-likeness (QED) is 0.424. The van der Waals surface area contributed by atoms with E-state index in [0.717, 1.165) is 43.0 Å². The summed E-state index contributed by atoms with van der Waals surface area (Å²) < 4.78 is 5.74. The number of aliphatic hydroxyl groups is 1. The molecule has 2 aliphatic rings. The van der Waals surface area contributed by atoms with Crippen molar-refractivity contribution in [3.8, 4) is 0 Å². The van der Waals surface area contributed by atoms with Crippen molar-refractivity contribution in [2.75, 3.05) is 17.3 Å². The van der Waals surface area contributed by atoms with Gasteiger partial charge in [-0.05, 0) is 71.1 Å². The number of benzene rings is 1. The number of ether oxygens (including phenoxy) is 1. The lowest BCUT2D eigenvalue weighted by Gasteiger charge is -2.50. The molecule has 1 aromatic carbocycles. The fourth-order valence-electron chi connectivity index (χ4n) is 5.42. The Labute approximate surface area is 221 Å². The maximum absolute atomic E-state index is 13.0. The molecule has 37 heavy (non-hydrogen) atoms. The Balaban J connectivity index is 1.42. The van der Waals surface area contributed by atoms with Crippen LogP contribution in [0.15, 0.2) is 24.3 Å². The van der Waals surface area contributed by atoms with Crippen LogP contribution in [0.4, 0.5) is 22.4 Å². The summed E-state index contributed by atoms with van der Waals surface area (Å²) in [6, 6.07) is 7.67. The molecule has 198 valence electrons. The Hall–Kier alpha value is -3.11. The smallest absolute Gasteiger partial charge is 0.410 e. The van der Waals surface area contributed by atoms with Crippen LogP contribution in [0.25, 0.3) is 10.9 Å². The normalized spacial score (nSPS) is 21.7. The molecule has 0 spiro atoms. The Morgan fingerprint density at radius 3 is 2.62 bits per heavy atom. The number of hydrogen-bond donors (Lipinski definition) is 3. The molecule has 2 saturated heterocycles. The Morgan fingerprint density at radius 1 is 1.24 bits per heavy atom. The summed E-state index contributed by atoms with van der Waals surface area (Å²) in [6.45, 7) is 5.59. The van der Waals surface area contributed by atoms with E-state index < -0.39 is 5.60 Å². The molecule has 4 heterocycles. The number of nitrogens with one attached hydrogen (secondary N) is 2. The zero-order valence-corrected chi connectivity index (χ0v) is 22.4. The van der Waals surface area contributed by atoms with E-state index in [-0.39, 0.29) is 30.8 Å². The number of carbonyl (C=O) groups is 1. The number of H-pyrrole nitrogens is 1. The lowest BCUT2D eigenvalue weighted by Crippen LogP contribution is -2.59. The van der Waals surface area contributed by atoms with E-state index in [9.17, 15) is 9.90 Å². The van der Waals surface area contributed by atoms with E-state index in [1.54, 1.807) is 12.1 Å². The topological polar surface area (TPSA) is 120 Å². The van der Waals surface area contributed by atoms with E-state index in [1.165, 1.54) is 0 Å². The molecule has 0 saturated carbocycles. The number of halogens is 1. The highest BCUT2D eigenvalue weighted by molar-refractivity contribution is 6.31. The van der Waals surface area contributed by atoms with Gasteiger partial charge in [0.2, 0.25) is 5.95 Å². The molecule has 0 unspecified atom stereocenters. The van der Waals surface area contributed by atoms with Crippen molar-refractivity contribution in [2.24, 2.45) is 0 Å². The van der Waals surface area contributed by atoms with Gasteiger partial charge >= 0.3 is 6.09 Å². The number of rotatable bonds is 5. The minimum Gasteiger partial charge on any atom is -0.444 e. The molecule has 3 atom stereocenters. The summed E-state index contributed by atoms with van der Waals surface area (Å²) in [7, 11) is 2.01. The molecule has 2 aliphatic heterocycles. The fourth-order valence-corrected chi connectivity index (χ4v) is 5.58. The minimum atomic E-state index is -0.519. The van der Waals surface area contributed by atoms with Crippen molar-refractivity contribution < 1.29 is 14.6 Å². The van der Waals surface area contributed by atoms with Crippen LogP contribution in [0.1, 0.15) is 58.6 Å². The van der Waals surface area contributed by atoms with Gasteiger partial charge in [-0.15, -0.1) is 0 Å². The van der Waals surface area contributed by atoms with E-state index in [2.05, 4.69) is 20.4 Å². The van der Waals surface area contributed by atoms with Gasteiger partial charge in [-0.1, -0.05) is 11.6 Å². The van der Waals surface area contributed by atoms with Crippen molar-refractivity contribution in [2.45, 2.75) is 83.2 Å². The van der Waals surface area contributed by atoms with Gasteiger partial charge in [-0.2, -0.15) is 10.1 Å².